The Bertz CT molecular complexity index is 1130. The third-order valence-electron chi connectivity index (χ3n) is 4.76. The summed E-state index contributed by atoms with van der Waals surface area (Å²) in [5.41, 5.74) is 2.03. The number of benzene rings is 3. The van der Waals surface area contributed by atoms with Crippen LogP contribution in [0.4, 0.5) is 4.39 Å². The van der Waals surface area contributed by atoms with Crippen molar-refractivity contribution in [2.24, 2.45) is 4.99 Å². The molecule has 0 saturated heterocycles. The smallest absolute Gasteiger partial charge is 0.257 e. The minimum absolute atomic E-state index is 0.129. The van der Waals surface area contributed by atoms with E-state index in [9.17, 15) is 12.8 Å². The van der Waals surface area contributed by atoms with E-state index in [2.05, 4.69) is 4.99 Å². The van der Waals surface area contributed by atoms with Gasteiger partial charge in [0.1, 0.15) is 11.7 Å². The third kappa shape index (κ3) is 3.31. The first-order chi connectivity index (χ1) is 13.5. The van der Waals surface area contributed by atoms with Crippen LogP contribution in [0.1, 0.15) is 22.7 Å². The molecule has 6 heteroatoms. The van der Waals surface area contributed by atoms with E-state index in [4.69, 9.17) is 0 Å². The van der Waals surface area contributed by atoms with Gasteiger partial charge in [-0.1, -0.05) is 60.2 Å². The minimum Gasteiger partial charge on any atom is -0.257 e. The predicted molar refractivity (Wildman–Crippen MR) is 107 cm³/mol. The maximum atomic E-state index is 14.5. The fourth-order valence-electron chi connectivity index (χ4n) is 3.25. The van der Waals surface area contributed by atoms with E-state index in [1.807, 2.05) is 37.3 Å². The number of aryl methyl sites for hydroxylation is 1. The van der Waals surface area contributed by atoms with Crippen molar-refractivity contribution in [1.82, 2.24) is 4.31 Å². The van der Waals surface area contributed by atoms with Crippen molar-refractivity contribution in [2.45, 2.75) is 17.9 Å². The highest BCUT2D eigenvalue weighted by molar-refractivity contribution is 7.89. The normalized spacial score (nSPS) is 16.9. The lowest BCUT2D eigenvalue weighted by atomic mass is 10.1. The zero-order valence-electron chi connectivity index (χ0n) is 15.3. The molecule has 1 heterocycles. The van der Waals surface area contributed by atoms with Gasteiger partial charge in [-0.3, -0.25) is 4.99 Å². The van der Waals surface area contributed by atoms with Gasteiger partial charge in [0.15, 0.2) is 0 Å². The van der Waals surface area contributed by atoms with Gasteiger partial charge in [0.2, 0.25) is 0 Å². The van der Waals surface area contributed by atoms with Gasteiger partial charge in [0.05, 0.1) is 23.0 Å². The van der Waals surface area contributed by atoms with Crippen LogP contribution >= 0.6 is 0 Å². The van der Waals surface area contributed by atoms with Gasteiger partial charge in [-0.15, -0.1) is 0 Å². The topological polar surface area (TPSA) is 49.7 Å². The average molecular weight is 394 g/mol. The summed E-state index contributed by atoms with van der Waals surface area (Å²) in [7, 11) is -3.87. The van der Waals surface area contributed by atoms with Crippen molar-refractivity contribution in [3.05, 3.63) is 101 Å². The molecule has 3 aromatic rings. The highest BCUT2D eigenvalue weighted by Gasteiger charge is 2.37. The molecule has 0 aromatic heterocycles. The highest BCUT2D eigenvalue weighted by atomic mass is 32.2. The summed E-state index contributed by atoms with van der Waals surface area (Å²) in [6.07, 6.45) is 0. The fourth-order valence-corrected chi connectivity index (χ4v) is 4.69. The molecule has 0 N–H and O–H groups in total. The molecule has 4 nitrogen and oxygen atoms in total. The summed E-state index contributed by atoms with van der Waals surface area (Å²) in [4.78, 5) is 4.77. The Labute approximate surface area is 164 Å². The van der Waals surface area contributed by atoms with Crippen LogP contribution in [0.15, 0.2) is 88.8 Å². The van der Waals surface area contributed by atoms with E-state index in [0.717, 1.165) is 11.1 Å². The Kier molecular flexibility index (Phi) is 4.73. The molecule has 1 unspecified atom stereocenters. The zero-order chi connectivity index (χ0) is 19.7. The number of hydrogen-bond acceptors (Lipinski definition) is 3. The third-order valence-corrected chi connectivity index (χ3v) is 6.53. The lowest BCUT2D eigenvalue weighted by Gasteiger charge is -2.21. The molecule has 3 aromatic carbocycles. The van der Waals surface area contributed by atoms with Gasteiger partial charge in [-0.2, -0.15) is 0 Å². The minimum atomic E-state index is -3.87. The molecule has 1 aliphatic rings. The molecule has 0 radical (unpaired) electrons. The Morgan fingerprint density at radius 3 is 2.25 bits per heavy atom. The van der Waals surface area contributed by atoms with Crippen LogP contribution < -0.4 is 0 Å². The number of halogens is 1. The van der Waals surface area contributed by atoms with Gasteiger partial charge >= 0.3 is 0 Å². The maximum Gasteiger partial charge on any atom is 0.265 e. The lowest BCUT2D eigenvalue weighted by molar-refractivity contribution is 0.519. The van der Waals surface area contributed by atoms with Crippen LogP contribution in [0.3, 0.4) is 0 Å². The summed E-state index contributed by atoms with van der Waals surface area (Å²) in [6, 6.07) is 21.8. The molecule has 142 valence electrons. The van der Waals surface area contributed by atoms with E-state index in [-0.39, 0.29) is 22.8 Å². The molecule has 0 aliphatic carbocycles. The van der Waals surface area contributed by atoms with Crippen molar-refractivity contribution in [2.75, 3.05) is 6.54 Å². The van der Waals surface area contributed by atoms with Crippen LogP contribution in [-0.2, 0) is 10.0 Å². The summed E-state index contributed by atoms with van der Waals surface area (Å²) < 4.78 is 42.4. The summed E-state index contributed by atoms with van der Waals surface area (Å²) in [5.74, 6) is -0.369. The van der Waals surface area contributed by atoms with E-state index < -0.39 is 21.9 Å². The Morgan fingerprint density at radius 1 is 0.929 bits per heavy atom. The predicted octanol–water partition coefficient (Wildman–Crippen LogP) is 4.33. The quantitative estimate of drug-likeness (QED) is 0.661. The maximum absolute atomic E-state index is 14.5. The van der Waals surface area contributed by atoms with Crippen molar-refractivity contribution in [3.8, 4) is 0 Å². The van der Waals surface area contributed by atoms with Gasteiger partial charge in [-0.25, -0.2) is 17.1 Å². The lowest BCUT2D eigenvalue weighted by Crippen LogP contribution is -2.35. The number of nitrogens with zero attached hydrogens (tertiary/aromatic N) is 2. The molecule has 0 amide bonds. The van der Waals surface area contributed by atoms with E-state index in [1.165, 1.54) is 10.4 Å². The van der Waals surface area contributed by atoms with Crippen molar-refractivity contribution in [3.63, 3.8) is 0 Å². The molecule has 28 heavy (non-hydrogen) atoms. The number of amidine groups is 1. The Hall–Kier alpha value is -2.99. The Balaban J connectivity index is 1.82. The number of sulfonamides is 1. The molecule has 0 spiro atoms. The van der Waals surface area contributed by atoms with Crippen LogP contribution in [-0.4, -0.2) is 25.1 Å². The first kappa shape index (κ1) is 18.4. The SMILES string of the molecule is Cc1ccc(S(=O)(=O)N2CC(c3ccccc3)N=C2c2ccccc2F)cc1. The molecule has 0 saturated carbocycles. The molecule has 0 fully saturated rings. The molecular weight excluding hydrogens is 375 g/mol. The fraction of sp³-hybridized carbons (Fsp3) is 0.136. The summed E-state index contributed by atoms with van der Waals surface area (Å²) >= 11 is 0. The molecule has 1 aliphatic heterocycles. The van der Waals surface area contributed by atoms with Gasteiger partial charge in [-0.05, 0) is 36.8 Å². The van der Waals surface area contributed by atoms with Crippen molar-refractivity contribution in [1.29, 1.82) is 0 Å². The molecule has 1 atom stereocenters. The average Bonchev–Trinajstić information content (AvgIpc) is 3.15. The van der Waals surface area contributed by atoms with Gasteiger partial charge in [0, 0.05) is 0 Å². The highest BCUT2D eigenvalue weighted by Crippen LogP contribution is 2.32. The van der Waals surface area contributed by atoms with Crippen LogP contribution in [0.5, 0.6) is 0 Å². The summed E-state index contributed by atoms with van der Waals surface area (Å²) in [6.45, 7) is 2.02. The molecular formula is C22H19FN2O2S. The molecule has 4 rings (SSSR count). The Morgan fingerprint density at radius 2 is 1.57 bits per heavy atom. The van der Waals surface area contributed by atoms with E-state index in [0.29, 0.717) is 0 Å². The van der Waals surface area contributed by atoms with Crippen LogP contribution in [0, 0.1) is 12.7 Å². The van der Waals surface area contributed by atoms with E-state index >= 15 is 0 Å². The van der Waals surface area contributed by atoms with Crippen molar-refractivity contribution >= 4 is 15.9 Å². The first-order valence-corrected chi connectivity index (χ1v) is 10.4. The van der Waals surface area contributed by atoms with Gasteiger partial charge < -0.3 is 0 Å². The second-order valence-electron chi connectivity index (χ2n) is 6.71. The van der Waals surface area contributed by atoms with Crippen molar-refractivity contribution < 1.29 is 12.8 Å². The van der Waals surface area contributed by atoms with Crippen LogP contribution in [0.25, 0.3) is 0 Å². The van der Waals surface area contributed by atoms with Crippen LogP contribution in [0.2, 0.25) is 0 Å². The summed E-state index contributed by atoms with van der Waals surface area (Å²) in [5, 5.41) is 0. The monoisotopic (exact) mass is 394 g/mol. The number of hydrogen-bond donors (Lipinski definition) is 0. The zero-order valence-corrected chi connectivity index (χ0v) is 16.1. The van der Waals surface area contributed by atoms with Gasteiger partial charge in [0.25, 0.3) is 10.0 Å². The second-order valence-corrected chi connectivity index (χ2v) is 8.57. The molecule has 0 bridgehead atoms. The largest absolute Gasteiger partial charge is 0.265 e. The number of aliphatic imine (C=N–C) groups is 1. The number of rotatable bonds is 4. The second kappa shape index (κ2) is 7.20. The first-order valence-electron chi connectivity index (χ1n) is 8.94. The van der Waals surface area contributed by atoms with E-state index in [1.54, 1.807) is 42.5 Å². The standard InChI is InChI=1S/C22H19FN2O2S/c1-16-11-13-18(14-12-16)28(26,27)25-15-21(17-7-3-2-4-8-17)24-22(25)19-9-5-6-10-20(19)23/h2-14,21H,15H2,1H3.